The van der Waals surface area contributed by atoms with Gasteiger partial charge < -0.3 is 0 Å². The van der Waals surface area contributed by atoms with Gasteiger partial charge >= 0.3 is 0 Å². The van der Waals surface area contributed by atoms with Gasteiger partial charge in [-0.25, -0.2) is 4.89 Å². The predicted molar refractivity (Wildman–Crippen MR) is 67.6 cm³/mol. The fourth-order valence-corrected chi connectivity index (χ4v) is 5.37. The molecule has 2 bridgehead atoms. The summed E-state index contributed by atoms with van der Waals surface area (Å²) >= 11 is 0. The summed E-state index contributed by atoms with van der Waals surface area (Å²) in [5, 5.41) is 9.36. The van der Waals surface area contributed by atoms with E-state index in [1.165, 1.54) is 25.7 Å². The molecule has 1 N–H and O–H groups in total. The van der Waals surface area contributed by atoms with Gasteiger partial charge in [0.05, 0.1) is 0 Å². The summed E-state index contributed by atoms with van der Waals surface area (Å²) in [5.74, 6) is 1.72. The van der Waals surface area contributed by atoms with E-state index in [4.69, 9.17) is 4.89 Å². The van der Waals surface area contributed by atoms with Crippen molar-refractivity contribution in [2.45, 2.75) is 71.3 Å². The summed E-state index contributed by atoms with van der Waals surface area (Å²) < 4.78 is 0. The molecule has 0 aromatic heterocycles. The molecule has 0 aromatic rings. The third-order valence-corrected chi connectivity index (χ3v) is 6.34. The Morgan fingerprint density at radius 1 is 1.06 bits per heavy atom. The minimum atomic E-state index is -0.208. The molecule has 4 atom stereocenters. The van der Waals surface area contributed by atoms with Gasteiger partial charge in [0.15, 0.2) is 0 Å². The van der Waals surface area contributed by atoms with Gasteiger partial charge in [-0.3, -0.25) is 5.26 Å². The van der Waals surface area contributed by atoms with Crippen LogP contribution in [0.1, 0.15) is 65.7 Å². The Labute approximate surface area is 105 Å². The minimum Gasteiger partial charge on any atom is -0.251 e. The topological polar surface area (TPSA) is 29.5 Å². The molecule has 3 fully saturated rings. The van der Waals surface area contributed by atoms with Crippen molar-refractivity contribution in [3.05, 3.63) is 0 Å². The zero-order valence-corrected chi connectivity index (χ0v) is 11.5. The second-order valence-electron chi connectivity index (χ2n) is 7.90. The van der Waals surface area contributed by atoms with Crippen LogP contribution in [0.4, 0.5) is 0 Å². The molecule has 3 aliphatic carbocycles. The number of hydrogen-bond acceptors (Lipinski definition) is 2. The van der Waals surface area contributed by atoms with Gasteiger partial charge in [-0.15, -0.1) is 0 Å². The Morgan fingerprint density at radius 2 is 1.82 bits per heavy atom. The van der Waals surface area contributed by atoms with Crippen molar-refractivity contribution in [1.29, 1.82) is 0 Å². The van der Waals surface area contributed by atoms with E-state index in [0.29, 0.717) is 10.8 Å². The van der Waals surface area contributed by atoms with Crippen molar-refractivity contribution in [2.75, 3.05) is 0 Å². The zero-order chi connectivity index (χ0) is 12.3. The highest BCUT2D eigenvalue weighted by Crippen LogP contribution is 2.66. The molecule has 98 valence electrons. The first-order valence-corrected chi connectivity index (χ1v) is 7.24. The molecule has 0 heterocycles. The van der Waals surface area contributed by atoms with Crippen LogP contribution in [0.5, 0.6) is 0 Å². The number of hydrogen-bond donors (Lipinski definition) is 1. The fourth-order valence-electron chi connectivity index (χ4n) is 5.37. The Kier molecular flexibility index (Phi) is 2.45. The highest BCUT2D eigenvalue weighted by Gasteiger charge is 2.60. The highest BCUT2D eigenvalue weighted by molar-refractivity contribution is 5.09. The molecule has 0 aromatic carbocycles. The van der Waals surface area contributed by atoms with Gasteiger partial charge in [0.2, 0.25) is 0 Å². The summed E-state index contributed by atoms with van der Waals surface area (Å²) in [6.07, 6.45) is 8.36. The van der Waals surface area contributed by atoms with Gasteiger partial charge in [-0.05, 0) is 67.6 Å². The lowest BCUT2D eigenvalue weighted by Gasteiger charge is -2.59. The first kappa shape index (κ1) is 12.0. The molecule has 2 nitrogen and oxygen atoms in total. The van der Waals surface area contributed by atoms with Gasteiger partial charge in [0.1, 0.15) is 5.60 Å². The maximum absolute atomic E-state index is 9.36. The average Bonchev–Trinajstić information content (AvgIpc) is 2.32. The fraction of sp³-hybridized carbons (Fsp3) is 1.00. The molecular weight excluding hydrogens is 212 g/mol. The van der Waals surface area contributed by atoms with E-state index >= 15 is 0 Å². The smallest absolute Gasteiger partial charge is 0.104 e. The number of fused-ring (bicyclic) bond motifs is 4. The number of rotatable bonds is 1. The molecule has 0 radical (unpaired) electrons. The third-order valence-electron chi connectivity index (χ3n) is 6.34. The van der Waals surface area contributed by atoms with Crippen molar-refractivity contribution < 1.29 is 10.1 Å². The van der Waals surface area contributed by atoms with Crippen LogP contribution < -0.4 is 0 Å². The molecule has 0 aliphatic heterocycles. The molecular formula is C15H26O2. The molecule has 17 heavy (non-hydrogen) atoms. The van der Waals surface area contributed by atoms with Crippen molar-refractivity contribution >= 4 is 0 Å². The molecule has 0 spiro atoms. The van der Waals surface area contributed by atoms with E-state index in [2.05, 4.69) is 20.8 Å². The van der Waals surface area contributed by atoms with Gasteiger partial charge in [-0.1, -0.05) is 20.8 Å². The van der Waals surface area contributed by atoms with E-state index < -0.39 is 0 Å². The lowest BCUT2D eigenvalue weighted by atomic mass is 9.46. The Hall–Kier alpha value is -0.0800. The zero-order valence-electron chi connectivity index (χ0n) is 11.5. The summed E-state index contributed by atoms with van der Waals surface area (Å²) in [4.78, 5) is 4.99. The maximum Gasteiger partial charge on any atom is 0.104 e. The Morgan fingerprint density at radius 3 is 2.47 bits per heavy atom. The van der Waals surface area contributed by atoms with E-state index in [1.807, 2.05) is 0 Å². The van der Waals surface area contributed by atoms with E-state index in [0.717, 1.165) is 31.1 Å². The van der Waals surface area contributed by atoms with Crippen LogP contribution in [0, 0.1) is 22.7 Å². The van der Waals surface area contributed by atoms with Crippen molar-refractivity contribution in [3.63, 3.8) is 0 Å². The quantitative estimate of drug-likeness (QED) is 0.546. The first-order valence-electron chi connectivity index (χ1n) is 7.24. The highest BCUT2D eigenvalue weighted by atomic mass is 17.1. The third kappa shape index (κ3) is 1.60. The van der Waals surface area contributed by atoms with Crippen LogP contribution in [0.3, 0.4) is 0 Å². The van der Waals surface area contributed by atoms with Crippen molar-refractivity contribution in [3.8, 4) is 0 Å². The lowest BCUT2D eigenvalue weighted by molar-refractivity contribution is -0.339. The van der Waals surface area contributed by atoms with Crippen molar-refractivity contribution in [2.24, 2.45) is 22.7 Å². The molecule has 4 unspecified atom stereocenters. The minimum absolute atomic E-state index is 0.208. The molecule has 2 heteroatoms. The molecule has 3 saturated carbocycles. The second-order valence-corrected chi connectivity index (χ2v) is 7.90. The van der Waals surface area contributed by atoms with Crippen LogP contribution in [0.2, 0.25) is 0 Å². The predicted octanol–water partition coefficient (Wildman–Crippen LogP) is 4.25. The summed E-state index contributed by atoms with van der Waals surface area (Å²) in [7, 11) is 0. The largest absolute Gasteiger partial charge is 0.251 e. The molecule has 0 saturated heterocycles. The second kappa shape index (κ2) is 3.48. The van der Waals surface area contributed by atoms with Gasteiger partial charge in [0, 0.05) is 0 Å². The van der Waals surface area contributed by atoms with E-state index in [1.54, 1.807) is 0 Å². The summed E-state index contributed by atoms with van der Waals surface area (Å²) in [6, 6.07) is 0. The molecule has 3 rings (SSSR count). The van der Waals surface area contributed by atoms with Crippen LogP contribution in [-0.2, 0) is 4.89 Å². The maximum atomic E-state index is 9.36. The molecule has 0 amide bonds. The van der Waals surface area contributed by atoms with Crippen LogP contribution in [0.15, 0.2) is 0 Å². The Balaban J connectivity index is 1.92. The van der Waals surface area contributed by atoms with Gasteiger partial charge in [0.25, 0.3) is 0 Å². The van der Waals surface area contributed by atoms with E-state index in [-0.39, 0.29) is 5.60 Å². The normalized spacial score (nSPS) is 52.2. The first-order chi connectivity index (χ1) is 7.91. The lowest BCUT2D eigenvalue weighted by Crippen LogP contribution is -2.52. The van der Waals surface area contributed by atoms with Crippen LogP contribution in [0.25, 0.3) is 0 Å². The summed E-state index contributed by atoms with van der Waals surface area (Å²) in [5.41, 5.74) is 0.722. The molecule has 3 aliphatic rings. The van der Waals surface area contributed by atoms with E-state index in [9.17, 15) is 5.26 Å². The van der Waals surface area contributed by atoms with Crippen LogP contribution in [-0.4, -0.2) is 10.9 Å². The van der Waals surface area contributed by atoms with Crippen LogP contribution >= 0.6 is 0 Å². The summed E-state index contributed by atoms with van der Waals surface area (Å²) in [6.45, 7) is 7.27. The van der Waals surface area contributed by atoms with Gasteiger partial charge in [-0.2, -0.15) is 0 Å². The monoisotopic (exact) mass is 238 g/mol. The SMILES string of the molecule is CC1(C)CC2C1CCC1(OO)CCCC2(C)C1. The van der Waals surface area contributed by atoms with Crippen molar-refractivity contribution in [1.82, 2.24) is 0 Å². The Bertz CT molecular complexity index is 325. The average molecular weight is 238 g/mol. The standard InChI is InChI=1S/C15H26O2/c1-13(2)9-12-11(13)5-8-15(17-16)7-4-6-14(12,3)10-15/h11-12,16H,4-10H2,1-3H3.